The van der Waals surface area contributed by atoms with Crippen molar-refractivity contribution in [3.05, 3.63) is 200 Å². The third-order valence-corrected chi connectivity index (χ3v) is 10.8. The molecule has 0 aliphatic rings. The zero-order chi connectivity index (χ0) is 37.9. The van der Waals surface area contributed by atoms with Crippen LogP contribution in [0, 0.1) is 5.82 Å². The van der Waals surface area contributed by atoms with Gasteiger partial charge in [0.1, 0.15) is 5.82 Å². The topological polar surface area (TPSA) is 48.5 Å². The fourth-order valence-electron chi connectivity index (χ4n) is 8.17. The molecule has 0 spiro atoms. The fourth-order valence-corrected chi connectivity index (χ4v) is 8.17. The maximum absolute atomic E-state index is 13.9. The van der Waals surface area contributed by atoms with Gasteiger partial charge in [-0.2, -0.15) is 0 Å². The summed E-state index contributed by atoms with van der Waals surface area (Å²) in [6, 6.07) is 65.7. The van der Waals surface area contributed by atoms with Gasteiger partial charge in [0.05, 0.1) is 22.1 Å². The lowest BCUT2D eigenvalue weighted by Crippen LogP contribution is -2.01. The highest BCUT2D eigenvalue weighted by Gasteiger charge is 2.18. The lowest BCUT2D eigenvalue weighted by atomic mass is 10.0. The summed E-state index contributed by atoms with van der Waals surface area (Å²) in [5.74, 6) is 1.62. The van der Waals surface area contributed by atoms with Gasteiger partial charge in [-0.3, -0.25) is 0 Å². The number of hydrogen-bond donors (Lipinski definition) is 0. The molecular weight excluding hydrogens is 702 g/mol. The van der Waals surface area contributed by atoms with E-state index in [0.717, 1.165) is 72.0 Å². The Kier molecular flexibility index (Phi) is 7.60. The Hall–Kier alpha value is -7.70. The first kappa shape index (κ1) is 32.7. The normalized spacial score (nSPS) is 11.6. The predicted octanol–water partition coefficient (Wildman–Crippen LogP) is 12.9. The minimum Gasteiger partial charge on any atom is -0.309 e. The molecule has 0 radical (unpaired) electrons. The van der Waals surface area contributed by atoms with Crippen LogP contribution < -0.4 is 0 Å². The number of halogens is 1. The maximum atomic E-state index is 13.9. The van der Waals surface area contributed by atoms with Crippen molar-refractivity contribution in [2.45, 2.75) is 0 Å². The molecule has 8 aromatic carbocycles. The Morgan fingerprint density at radius 1 is 0.298 bits per heavy atom. The molecule has 0 aliphatic carbocycles. The Morgan fingerprint density at radius 2 is 0.789 bits per heavy atom. The molecule has 11 rings (SSSR count). The molecule has 0 atom stereocenters. The molecule has 57 heavy (non-hydrogen) atoms. The molecule has 268 valence electrons. The molecule has 5 nitrogen and oxygen atoms in total. The highest BCUT2D eigenvalue weighted by atomic mass is 19.1. The summed E-state index contributed by atoms with van der Waals surface area (Å²) in [5.41, 5.74) is 11.3. The molecule has 0 fully saturated rings. The first-order chi connectivity index (χ1) is 28.2. The lowest BCUT2D eigenvalue weighted by Gasteiger charge is -2.12. The van der Waals surface area contributed by atoms with E-state index in [4.69, 9.17) is 15.0 Å². The molecule has 0 saturated heterocycles. The van der Waals surface area contributed by atoms with Gasteiger partial charge in [-0.1, -0.05) is 127 Å². The molecular formula is C51H32FN5. The smallest absolute Gasteiger partial charge is 0.164 e. The minimum atomic E-state index is -0.249. The summed E-state index contributed by atoms with van der Waals surface area (Å²) in [5, 5.41) is 4.64. The summed E-state index contributed by atoms with van der Waals surface area (Å²) in [6.45, 7) is 0. The molecule has 0 N–H and O–H groups in total. The van der Waals surface area contributed by atoms with Crippen LogP contribution in [-0.2, 0) is 0 Å². The van der Waals surface area contributed by atoms with E-state index in [1.807, 2.05) is 72.8 Å². The molecule has 0 unspecified atom stereocenters. The van der Waals surface area contributed by atoms with E-state index in [0.29, 0.717) is 17.5 Å². The number of hydrogen-bond acceptors (Lipinski definition) is 3. The highest BCUT2D eigenvalue weighted by Crippen LogP contribution is 2.39. The summed E-state index contributed by atoms with van der Waals surface area (Å²) < 4.78 is 18.5. The Bertz CT molecular complexity index is 3240. The summed E-state index contributed by atoms with van der Waals surface area (Å²) in [4.78, 5) is 14.9. The molecule has 3 aromatic heterocycles. The van der Waals surface area contributed by atoms with Crippen molar-refractivity contribution in [1.82, 2.24) is 24.1 Å². The third kappa shape index (κ3) is 5.57. The zero-order valence-corrected chi connectivity index (χ0v) is 30.6. The van der Waals surface area contributed by atoms with Crippen molar-refractivity contribution in [3.8, 4) is 56.7 Å². The summed E-state index contributed by atoms with van der Waals surface area (Å²) >= 11 is 0. The zero-order valence-electron chi connectivity index (χ0n) is 30.6. The monoisotopic (exact) mass is 733 g/mol. The number of nitrogens with zero attached hydrogens (tertiary/aromatic N) is 5. The van der Waals surface area contributed by atoms with E-state index >= 15 is 0 Å². The molecule has 6 heteroatoms. The average Bonchev–Trinajstić information content (AvgIpc) is 3.79. The molecule has 0 aliphatic heterocycles. The molecule has 11 aromatic rings. The SMILES string of the molecule is Fc1ccc(-n2c3ccccc3c3cc(-c4ccc5c6ccccc6n(-c6cccc(-c7nc(-c8ccccc8)nc(-c8ccccc8)n7)c6)c5c4)ccc32)cc1. The van der Waals surface area contributed by atoms with E-state index in [2.05, 4.69) is 118 Å². The third-order valence-electron chi connectivity index (χ3n) is 10.8. The van der Waals surface area contributed by atoms with E-state index in [-0.39, 0.29) is 5.82 Å². The Morgan fingerprint density at radius 3 is 1.46 bits per heavy atom. The first-order valence-electron chi connectivity index (χ1n) is 19.0. The van der Waals surface area contributed by atoms with Crippen molar-refractivity contribution in [2.75, 3.05) is 0 Å². The molecule has 0 bridgehead atoms. The summed E-state index contributed by atoms with van der Waals surface area (Å²) in [6.07, 6.45) is 0. The average molecular weight is 734 g/mol. The van der Waals surface area contributed by atoms with Gasteiger partial charge in [0, 0.05) is 49.6 Å². The highest BCUT2D eigenvalue weighted by molar-refractivity contribution is 6.12. The summed E-state index contributed by atoms with van der Waals surface area (Å²) in [7, 11) is 0. The van der Waals surface area contributed by atoms with Crippen molar-refractivity contribution >= 4 is 43.6 Å². The van der Waals surface area contributed by atoms with Crippen LogP contribution in [0.1, 0.15) is 0 Å². The van der Waals surface area contributed by atoms with E-state index in [9.17, 15) is 4.39 Å². The van der Waals surface area contributed by atoms with Gasteiger partial charge in [0.25, 0.3) is 0 Å². The van der Waals surface area contributed by atoms with Gasteiger partial charge < -0.3 is 9.13 Å². The second kappa shape index (κ2) is 13.3. The number of fused-ring (bicyclic) bond motifs is 6. The van der Waals surface area contributed by atoms with Gasteiger partial charge in [0.15, 0.2) is 17.5 Å². The van der Waals surface area contributed by atoms with Crippen LogP contribution >= 0.6 is 0 Å². The van der Waals surface area contributed by atoms with Crippen LogP contribution in [0.4, 0.5) is 4.39 Å². The minimum absolute atomic E-state index is 0.249. The van der Waals surface area contributed by atoms with Crippen molar-refractivity contribution in [3.63, 3.8) is 0 Å². The molecule has 0 saturated carbocycles. The van der Waals surface area contributed by atoms with Crippen LogP contribution in [0.15, 0.2) is 194 Å². The fraction of sp³-hybridized carbons (Fsp3) is 0. The molecule has 0 amide bonds. The van der Waals surface area contributed by atoms with Crippen molar-refractivity contribution < 1.29 is 4.39 Å². The van der Waals surface area contributed by atoms with Gasteiger partial charge >= 0.3 is 0 Å². The van der Waals surface area contributed by atoms with Gasteiger partial charge in [-0.15, -0.1) is 0 Å². The predicted molar refractivity (Wildman–Crippen MR) is 230 cm³/mol. The number of benzene rings is 8. The van der Waals surface area contributed by atoms with Crippen LogP contribution in [-0.4, -0.2) is 24.1 Å². The Balaban J connectivity index is 1.07. The van der Waals surface area contributed by atoms with Gasteiger partial charge in [-0.05, 0) is 77.9 Å². The van der Waals surface area contributed by atoms with Crippen LogP contribution in [0.3, 0.4) is 0 Å². The second-order valence-corrected chi connectivity index (χ2v) is 14.2. The van der Waals surface area contributed by atoms with E-state index < -0.39 is 0 Å². The van der Waals surface area contributed by atoms with E-state index in [1.54, 1.807) is 0 Å². The van der Waals surface area contributed by atoms with Crippen molar-refractivity contribution in [1.29, 1.82) is 0 Å². The van der Waals surface area contributed by atoms with Gasteiger partial charge in [0.2, 0.25) is 0 Å². The maximum Gasteiger partial charge on any atom is 0.164 e. The molecule has 3 heterocycles. The van der Waals surface area contributed by atoms with Crippen molar-refractivity contribution in [2.24, 2.45) is 0 Å². The quantitative estimate of drug-likeness (QED) is 0.171. The number of aromatic nitrogens is 5. The lowest BCUT2D eigenvalue weighted by molar-refractivity contribution is 0.627. The van der Waals surface area contributed by atoms with E-state index in [1.165, 1.54) is 22.9 Å². The number of rotatable bonds is 6. The van der Waals surface area contributed by atoms with Gasteiger partial charge in [-0.25, -0.2) is 19.3 Å². The van der Waals surface area contributed by atoms with Crippen LogP contribution in [0.25, 0.3) is 100 Å². The van der Waals surface area contributed by atoms with Crippen LogP contribution in [0.2, 0.25) is 0 Å². The Labute approximate surface area is 327 Å². The largest absolute Gasteiger partial charge is 0.309 e. The standard InChI is InChI=1S/C51H32FN5/c52-38-24-26-39(27-25-38)56-46-21-10-8-19-42(46)44-31-35(23-29-47(44)56)36-22-28-43-41-18-7-9-20-45(41)57(48(43)32-36)40-17-11-16-37(30-40)51-54-49(33-12-3-1-4-13-33)53-50(55-51)34-14-5-2-6-15-34/h1-32H. The number of para-hydroxylation sites is 2. The second-order valence-electron chi connectivity index (χ2n) is 14.2. The van der Waals surface area contributed by atoms with Crippen LogP contribution in [0.5, 0.6) is 0 Å². The first-order valence-corrected chi connectivity index (χ1v) is 19.0.